The molecule has 0 saturated heterocycles. The van der Waals surface area contributed by atoms with E-state index in [0.29, 0.717) is 6.61 Å². The van der Waals surface area contributed by atoms with Crippen LogP contribution in [0.15, 0.2) is 12.1 Å². The van der Waals surface area contributed by atoms with Crippen molar-refractivity contribution < 1.29 is 14.3 Å². The summed E-state index contributed by atoms with van der Waals surface area (Å²) in [6, 6.07) is 4.05. The van der Waals surface area contributed by atoms with Crippen LogP contribution in [-0.4, -0.2) is 26.6 Å². The van der Waals surface area contributed by atoms with Crippen molar-refractivity contribution in [3.8, 4) is 0 Å². The van der Waals surface area contributed by atoms with Crippen LogP contribution in [0.1, 0.15) is 34.0 Å². The maximum atomic E-state index is 11.9. The summed E-state index contributed by atoms with van der Waals surface area (Å²) in [6.07, 6.45) is 0.907. The summed E-state index contributed by atoms with van der Waals surface area (Å²) in [5.74, 6) is 0.0256. The first-order valence-electron chi connectivity index (χ1n) is 5.77. The van der Waals surface area contributed by atoms with Crippen LogP contribution in [0.2, 0.25) is 0 Å². The van der Waals surface area contributed by atoms with Crippen molar-refractivity contribution in [2.45, 2.75) is 26.9 Å². The third-order valence-corrected chi connectivity index (χ3v) is 2.86. The molecule has 0 heterocycles. The van der Waals surface area contributed by atoms with E-state index in [2.05, 4.69) is 13.0 Å². The van der Waals surface area contributed by atoms with Crippen molar-refractivity contribution in [3.05, 3.63) is 34.4 Å². The normalized spacial score (nSPS) is 10.6. The van der Waals surface area contributed by atoms with Crippen LogP contribution in [0, 0.1) is 6.92 Å². The van der Waals surface area contributed by atoms with Crippen molar-refractivity contribution >= 4 is 5.78 Å². The van der Waals surface area contributed by atoms with Crippen molar-refractivity contribution in [3.63, 3.8) is 0 Å². The van der Waals surface area contributed by atoms with Gasteiger partial charge in [0.25, 0.3) is 0 Å². The molecule has 0 atom stereocenters. The van der Waals surface area contributed by atoms with Crippen molar-refractivity contribution in [1.29, 1.82) is 0 Å². The molecule has 17 heavy (non-hydrogen) atoms. The Bertz CT molecular complexity index is 397. The lowest BCUT2D eigenvalue weighted by molar-refractivity contribution is 0.0847. The van der Waals surface area contributed by atoms with Crippen molar-refractivity contribution in [2.24, 2.45) is 0 Å². The lowest BCUT2D eigenvalue weighted by Gasteiger charge is -2.12. The first-order chi connectivity index (χ1) is 8.13. The van der Waals surface area contributed by atoms with Gasteiger partial charge in [-0.15, -0.1) is 0 Å². The molecule has 3 heteroatoms. The maximum Gasteiger partial charge on any atom is 0.188 e. The highest BCUT2D eigenvalue weighted by molar-refractivity contribution is 5.98. The van der Waals surface area contributed by atoms with Gasteiger partial charge in [0.15, 0.2) is 5.78 Å². The third-order valence-electron chi connectivity index (χ3n) is 2.86. The predicted octanol–water partition coefficient (Wildman–Crippen LogP) is 2.53. The fraction of sp³-hybridized carbons (Fsp3) is 0.500. The van der Waals surface area contributed by atoms with E-state index in [0.717, 1.165) is 28.7 Å². The zero-order chi connectivity index (χ0) is 12.8. The van der Waals surface area contributed by atoms with Gasteiger partial charge in [0, 0.05) is 19.8 Å². The van der Waals surface area contributed by atoms with Gasteiger partial charge >= 0.3 is 0 Å². The quantitative estimate of drug-likeness (QED) is 0.712. The van der Waals surface area contributed by atoms with Crippen LogP contribution in [0.3, 0.4) is 0 Å². The Morgan fingerprint density at radius 2 is 1.94 bits per heavy atom. The zero-order valence-corrected chi connectivity index (χ0v) is 11.0. The molecule has 0 aliphatic heterocycles. The number of methoxy groups -OCH3 is 2. The molecule has 0 unspecified atom stereocenters. The molecule has 0 amide bonds. The number of hydrogen-bond donors (Lipinski definition) is 0. The Labute approximate surface area is 103 Å². The Morgan fingerprint density at radius 3 is 2.47 bits per heavy atom. The van der Waals surface area contributed by atoms with Gasteiger partial charge in [-0.1, -0.05) is 13.0 Å². The fourth-order valence-corrected chi connectivity index (χ4v) is 1.85. The molecule has 1 aromatic rings. The number of carbonyl (C=O) groups is 1. The van der Waals surface area contributed by atoms with Crippen LogP contribution in [0.25, 0.3) is 0 Å². The van der Waals surface area contributed by atoms with Gasteiger partial charge in [-0.25, -0.2) is 0 Å². The Morgan fingerprint density at radius 1 is 1.24 bits per heavy atom. The second kappa shape index (κ2) is 6.52. The van der Waals surface area contributed by atoms with Gasteiger partial charge < -0.3 is 9.47 Å². The molecule has 0 radical (unpaired) electrons. The number of ether oxygens (including phenoxy) is 2. The van der Waals surface area contributed by atoms with Crippen LogP contribution in [-0.2, 0) is 22.5 Å². The minimum atomic E-state index is 0.0256. The van der Waals surface area contributed by atoms with E-state index in [1.165, 1.54) is 7.11 Å². The van der Waals surface area contributed by atoms with Crippen molar-refractivity contribution in [1.82, 2.24) is 0 Å². The van der Waals surface area contributed by atoms with Gasteiger partial charge in [-0.2, -0.15) is 0 Å². The topological polar surface area (TPSA) is 35.5 Å². The van der Waals surface area contributed by atoms with E-state index in [4.69, 9.17) is 9.47 Å². The number of rotatable bonds is 6. The van der Waals surface area contributed by atoms with Gasteiger partial charge in [-0.05, 0) is 36.1 Å². The van der Waals surface area contributed by atoms with E-state index in [-0.39, 0.29) is 12.4 Å². The van der Waals surface area contributed by atoms with E-state index in [1.807, 2.05) is 13.0 Å². The Balaban J connectivity index is 3.18. The molecule has 0 saturated carbocycles. The number of benzene rings is 1. The summed E-state index contributed by atoms with van der Waals surface area (Å²) < 4.78 is 10.1. The average Bonchev–Trinajstić information content (AvgIpc) is 2.32. The molecular weight excluding hydrogens is 216 g/mol. The van der Waals surface area contributed by atoms with Crippen molar-refractivity contribution in [2.75, 3.05) is 20.8 Å². The van der Waals surface area contributed by atoms with Crippen LogP contribution in [0.5, 0.6) is 0 Å². The first kappa shape index (κ1) is 13.9. The lowest BCUT2D eigenvalue weighted by atomic mass is 9.95. The number of carbonyl (C=O) groups excluding carboxylic acids is 1. The molecule has 0 bridgehead atoms. The second-order valence-electron chi connectivity index (χ2n) is 4.07. The van der Waals surface area contributed by atoms with E-state index in [1.54, 1.807) is 7.11 Å². The zero-order valence-electron chi connectivity index (χ0n) is 11.0. The lowest BCUT2D eigenvalue weighted by Crippen LogP contribution is -2.11. The maximum absolute atomic E-state index is 11.9. The summed E-state index contributed by atoms with van der Waals surface area (Å²) in [5, 5.41) is 0. The summed E-state index contributed by atoms with van der Waals surface area (Å²) in [5.41, 5.74) is 3.97. The summed E-state index contributed by atoms with van der Waals surface area (Å²) in [6.45, 7) is 4.69. The molecule has 94 valence electrons. The minimum absolute atomic E-state index is 0.0256. The van der Waals surface area contributed by atoms with Gasteiger partial charge in [-0.3, -0.25) is 4.79 Å². The molecule has 3 nitrogen and oxygen atoms in total. The number of aryl methyl sites for hydroxylation is 1. The van der Waals surface area contributed by atoms with E-state index >= 15 is 0 Å². The first-order valence-corrected chi connectivity index (χ1v) is 5.77. The fourth-order valence-electron chi connectivity index (χ4n) is 1.85. The molecule has 0 aliphatic carbocycles. The SMILES string of the molecule is CCc1cc(COC)c(C)c(C(=O)COC)c1. The van der Waals surface area contributed by atoms with Gasteiger partial charge in [0.05, 0.1) is 6.61 Å². The largest absolute Gasteiger partial charge is 0.380 e. The Hall–Kier alpha value is -1.19. The Kier molecular flexibility index (Phi) is 5.32. The molecule has 0 aliphatic rings. The number of Topliss-reactive ketones (excluding diaryl/α,β-unsaturated/α-hetero) is 1. The number of hydrogen-bond acceptors (Lipinski definition) is 3. The summed E-state index contributed by atoms with van der Waals surface area (Å²) >= 11 is 0. The molecule has 0 N–H and O–H groups in total. The molecule has 0 aromatic heterocycles. The molecule has 1 aromatic carbocycles. The second-order valence-corrected chi connectivity index (χ2v) is 4.07. The summed E-state index contributed by atoms with van der Waals surface area (Å²) in [7, 11) is 3.20. The third kappa shape index (κ3) is 3.38. The minimum Gasteiger partial charge on any atom is -0.380 e. The highest BCUT2D eigenvalue weighted by Gasteiger charge is 2.13. The van der Waals surface area contributed by atoms with E-state index in [9.17, 15) is 4.79 Å². The molecule has 1 rings (SSSR count). The number of ketones is 1. The monoisotopic (exact) mass is 236 g/mol. The average molecular weight is 236 g/mol. The summed E-state index contributed by atoms with van der Waals surface area (Å²) in [4.78, 5) is 11.9. The molecule has 0 spiro atoms. The van der Waals surface area contributed by atoms with Gasteiger partial charge in [0.1, 0.15) is 6.61 Å². The van der Waals surface area contributed by atoms with E-state index < -0.39 is 0 Å². The smallest absolute Gasteiger partial charge is 0.188 e. The van der Waals surface area contributed by atoms with Crippen LogP contribution in [0.4, 0.5) is 0 Å². The van der Waals surface area contributed by atoms with Crippen LogP contribution < -0.4 is 0 Å². The highest BCUT2D eigenvalue weighted by Crippen LogP contribution is 2.19. The van der Waals surface area contributed by atoms with Gasteiger partial charge in [0.2, 0.25) is 0 Å². The highest BCUT2D eigenvalue weighted by atomic mass is 16.5. The standard InChI is InChI=1S/C14H20O3/c1-5-11-6-12(8-16-3)10(2)13(7-11)14(15)9-17-4/h6-7H,5,8-9H2,1-4H3. The van der Waals surface area contributed by atoms with Crippen LogP contribution >= 0.6 is 0 Å². The predicted molar refractivity (Wildman–Crippen MR) is 67.5 cm³/mol. The molecular formula is C14H20O3. The molecule has 0 fully saturated rings.